The van der Waals surface area contributed by atoms with Crippen LogP contribution in [0.5, 0.6) is 0 Å². The van der Waals surface area contributed by atoms with Gasteiger partial charge in [-0.1, -0.05) is 30.3 Å². The fourth-order valence-electron chi connectivity index (χ4n) is 4.14. The number of dihydropyridines is 1. The molecule has 6 heteroatoms. The van der Waals surface area contributed by atoms with E-state index < -0.39 is 5.92 Å². The Morgan fingerprint density at radius 2 is 1.77 bits per heavy atom. The molecule has 26 heavy (non-hydrogen) atoms. The SMILES string of the molecule is O=C1CCCC2=C1C(c1ccccc1)C1=C(N2)C(=O)c2cn[nH]c2C1=O. The summed E-state index contributed by atoms with van der Waals surface area (Å²) in [6.07, 6.45) is 3.28. The van der Waals surface area contributed by atoms with E-state index in [0.29, 0.717) is 24.0 Å². The van der Waals surface area contributed by atoms with Gasteiger partial charge in [0.15, 0.2) is 5.78 Å². The monoisotopic (exact) mass is 345 g/mol. The van der Waals surface area contributed by atoms with E-state index in [1.165, 1.54) is 6.20 Å². The van der Waals surface area contributed by atoms with E-state index in [9.17, 15) is 14.4 Å². The molecule has 0 amide bonds. The third kappa shape index (κ3) is 1.92. The van der Waals surface area contributed by atoms with Crippen molar-refractivity contribution in [1.29, 1.82) is 0 Å². The van der Waals surface area contributed by atoms with Crippen molar-refractivity contribution in [3.63, 3.8) is 0 Å². The van der Waals surface area contributed by atoms with E-state index in [0.717, 1.165) is 17.7 Å². The molecule has 1 aromatic heterocycles. The molecule has 1 aliphatic heterocycles. The number of benzene rings is 1. The highest BCUT2D eigenvalue weighted by atomic mass is 16.1. The zero-order chi connectivity index (χ0) is 17.8. The van der Waals surface area contributed by atoms with Gasteiger partial charge in [0.2, 0.25) is 11.6 Å². The van der Waals surface area contributed by atoms with Crippen LogP contribution >= 0.6 is 0 Å². The fraction of sp³-hybridized carbons (Fsp3) is 0.200. The topological polar surface area (TPSA) is 91.9 Å². The van der Waals surface area contributed by atoms with Gasteiger partial charge in [0, 0.05) is 29.2 Å². The first-order valence-corrected chi connectivity index (χ1v) is 8.62. The molecule has 0 saturated heterocycles. The molecule has 2 aliphatic carbocycles. The van der Waals surface area contributed by atoms with Gasteiger partial charge in [-0.3, -0.25) is 19.5 Å². The van der Waals surface area contributed by atoms with Crippen LogP contribution in [0.15, 0.2) is 59.1 Å². The molecule has 1 aromatic carbocycles. The second-order valence-corrected chi connectivity index (χ2v) is 6.74. The molecular weight excluding hydrogens is 330 g/mol. The van der Waals surface area contributed by atoms with Gasteiger partial charge in [-0.2, -0.15) is 5.10 Å². The van der Waals surface area contributed by atoms with Crippen molar-refractivity contribution in [2.75, 3.05) is 0 Å². The number of allylic oxidation sites excluding steroid dienone is 4. The predicted molar refractivity (Wildman–Crippen MR) is 92.5 cm³/mol. The minimum atomic E-state index is -0.525. The van der Waals surface area contributed by atoms with Crippen LogP contribution in [-0.2, 0) is 4.79 Å². The van der Waals surface area contributed by atoms with Crippen molar-refractivity contribution in [2.45, 2.75) is 25.2 Å². The van der Waals surface area contributed by atoms with E-state index >= 15 is 0 Å². The molecule has 128 valence electrons. The molecule has 6 nitrogen and oxygen atoms in total. The number of nitrogens with zero attached hydrogens (tertiary/aromatic N) is 1. The zero-order valence-electron chi connectivity index (χ0n) is 13.8. The molecule has 2 N–H and O–H groups in total. The number of H-pyrrole nitrogens is 1. The van der Waals surface area contributed by atoms with Crippen LogP contribution in [-0.4, -0.2) is 27.5 Å². The van der Waals surface area contributed by atoms with Crippen molar-refractivity contribution >= 4 is 17.3 Å². The van der Waals surface area contributed by atoms with Crippen LogP contribution in [0.25, 0.3) is 0 Å². The van der Waals surface area contributed by atoms with Gasteiger partial charge < -0.3 is 5.32 Å². The average molecular weight is 345 g/mol. The highest BCUT2D eigenvalue weighted by molar-refractivity contribution is 6.27. The molecule has 1 atom stereocenters. The Labute approximate surface area is 149 Å². The van der Waals surface area contributed by atoms with Gasteiger partial charge in [0.05, 0.1) is 17.5 Å². The summed E-state index contributed by atoms with van der Waals surface area (Å²) in [4.78, 5) is 38.9. The Balaban J connectivity index is 1.77. The lowest BCUT2D eigenvalue weighted by Gasteiger charge is -2.36. The molecular formula is C20H15N3O3. The van der Waals surface area contributed by atoms with Crippen molar-refractivity contribution < 1.29 is 14.4 Å². The lowest BCUT2D eigenvalue weighted by Crippen LogP contribution is -2.39. The Hall–Kier alpha value is -3.28. The summed E-state index contributed by atoms with van der Waals surface area (Å²) in [5, 5.41) is 9.63. The Bertz CT molecular complexity index is 1040. The molecule has 1 unspecified atom stereocenters. The maximum Gasteiger partial charge on any atom is 0.213 e. The quantitative estimate of drug-likeness (QED) is 0.828. The number of fused-ring (bicyclic) bond motifs is 1. The zero-order valence-corrected chi connectivity index (χ0v) is 13.8. The number of Topliss-reactive ketones (excluding diaryl/α,β-unsaturated/α-hetero) is 3. The Kier molecular flexibility index (Phi) is 3.09. The number of hydrogen-bond acceptors (Lipinski definition) is 5. The van der Waals surface area contributed by atoms with Crippen LogP contribution in [0.2, 0.25) is 0 Å². The second-order valence-electron chi connectivity index (χ2n) is 6.74. The van der Waals surface area contributed by atoms with E-state index in [2.05, 4.69) is 15.5 Å². The molecule has 2 aromatic rings. The molecule has 0 radical (unpaired) electrons. The predicted octanol–water partition coefficient (Wildman–Crippen LogP) is 2.44. The standard InChI is InChI=1S/C20H15N3O3/c24-13-8-4-7-12-15(13)14(10-5-2-1-3-6-10)16-18(22-12)19(25)11-9-21-23-17(11)20(16)26/h1-3,5-6,9,14,22H,4,7-8H2,(H,21,23). The van der Waals surface area contributed by atoms with Gasteiger partial charge in [0.1, 0.15) is 5.69 Å². The second kappa shape index (κ2) is 5.36. The van der Waals surface area contributed by atoms with Gasteiger partial charge in [-0.15, -0.1) is 0 Å². The molecule has 0 fully saturated rings. The Morgan fingerprint density at radius 3 is 2.58 bits per heavy atom. The minimum absolute atomic E-state index is 0.0369. The maximum atomic E-state index is 13.2. The van der Waals surface area contributed by atoms with Crippen molar-refractivity contribution in [3.8, 4) is 0 Å². The number of hydrogen-bond donors (Lipinski definition) is 2. The van der Waals surface area contributed by atoms with E-state index in [1.807, 2.05) is 30.3 Å². The third-order valence-corrected chi connectivity index (χ3v) is 5.29. The van der Waals surface area contributed by atoms with Gasteiger partial charge in [-0.05, 0) is 18.4 Å². The number of carbonyl (C=O) groups excluding carboxylic acids is 3. The molecule has 0 bridgehead atoms. The summed E-state index contributed by atoms with van der Waals surface area (Å²) >= 11 is 0. The van der Waals surface area contributed by atoms with Crippen molar-refractivity contribution in [1.82, 2.24) is 15.5 Å². The first kappa shape index (κ1) is 15.0. The number of carbonyl (C=O) groups is 3. The highest BCUT2D eigenvalue weighted by Gasteiger charge is 2.45. The molecule has 0 spiro atoms. The first-order valence-electron chi connectivity index (χ1n) is 8.62. The fourth-order valence-corrected chi connectivity index (χ4v) is 4.14. The molecule has 2 heterocycles. The summed E-state index contributed by atoms with van der Waals surface area (Å²) < 4.78 is 0. The number of ketones is 3. The lowest BCUT2D eigenvalue weighted by molar-refractivity contribution is -0.116. The van der Waals surface area contributed by atoms with Crippen LogP contribution < -0.4 is 5.32 Å². The largest absolute Gasteiger partial charge is 0.355 e. The summed E-state index contributed by atoms with van der Waals surface area (Å²) in [5.41, 5.74) is 3.32. The molecule has 5 rings (SSSR count). The maximum absolute atomic E-state index is 13.2. The summed E-state index contributed by atoms with van der Waals surface area (Å²) in [6.45, 7) is 0. The van der Waals surface area contributed by atoms with Crippen molar-refractivity contribution in [3.05, 3.63) is 75.9 Å². The summed E-state index contributed by atoms with van der Waals surface area (Å²) in [7, 11) is 0. The lowest BCUT2D eigenvalue weighted by atomic mass is 9.71. The van der Waals surface area contributed by atoms with E-state index in [1.54, 1.807) is 0 Å². The smallest absolute Gasteiger partial charge is 0.213 e. The number of aromatic nitrogens is 2. The van der Waals surface area contributed by atoms with Gasteiger partial charge >= 0.3 is 0 Å². The van der Waals surface area contributed by atoms with Crippen LogP contribution in [0, 0.1) is 0 Å². The number of nitrogens with one attached hydrogen (secondary N) is 2. The number of rotatable bonds is 1. The van der Waals surface area contributed by atoms with Crippen LogP contribution in [0.1, 0.15) is 51.6 Å². The Morgan fingerprint density at radius 1 is 0.962 bits per heavy atom. The molecule has 0 saturated carbocycles. The normalized spacial score (nSPS) is 22.0. The third-order valence-electron chi connectivity index (χ3n) is 5.29. The van der Waals surface area contributed by atoms with E-state index in [4.69, 9.17) is 0 Å². The van der Waals surface area contributed by atoms with Crippen LogP contribution in [0.4, 0.5) is 0 Å². The van der Waals surface area contributed by atoms with Crippen molar-refractivity contribution in [2.24, 2.45) is 0 Å². The average Bonchev–Trinajstić information content (AvgIpc) is 3.16. The van der Waals surface area contributed by atoms with Gasteiger partial charge in [0.25, 0.3) is 0 Å². The van der Waals surface area contributed by atoms with E-state index in [-0.39, 0.29) is 34.3 Å². The highest BCUT2D eigenvalue weighted by Crippen LogP contribution is 2.45. The minimum Gasteiger partial charge on any atom is -0.355 e. The van der Waals surface area contributed by atoms with Crippen LogP contribution in [0.3, 0.4) is 0 Å². The molecule has 3 aliphatic rings. The summed E-state index contributed by atoms with van der Waals surface area (Å²) in [5.74, 6) is -1.02. The summed E-state index contributed by atoms with van der Waals surface area (Å²) in [6, 6.07) is 9.43. The number of aromatic amines is 1. The first-order chi connectivity index (χ1) is 12.7. The van der Waals surface area contributed by atoms with Gasteiger partial charge in [-0.25, -0.2) is 0 Å².